The molecule has 1 aliphatic rings. The van der Waals surface area contributed by atoms with Gasteiger partial charge in [-0.25, -0.2) is 22.7 Å². The van der Waals surface area contributed by atoms with Crippen LogP contribution in [0.25, 0.3) is 17.2 Å². The lowest BCUT2D eigenvalue weighted by Crippen LogP contribution is -2.37. The van der Waals surface area contributed by atoms with Gasteiger partial charge in [0.25, 0.3) is 0 Å². The summed E-state index contributed by atoms with van der Waals surface area (Å²) >= 11 is 0. The molecule has 4 rings (SSSR count). The van der Waals surface area contributed by atoms with Gasteiger partial charge in [0.15, 0.2) is 0 Å². The molecule has 0 spiro atoms. The molecule has 130 valence electrons. The van der Waals surface area contributed by atoms with Gasteiger partial charge in [-0.1, -0.05) is 6.07 Å². The molecule has 1 fully saturated rings. The zero-order chi connectivity index (χ0) is 17.4. The maximum atomic E-state index is 11.7. The molecule has 7 nitrogen and oxygen atoms in total. The van der Waals surface area contributed by atoms with Gasteiger partial charge in [0, 0.05) is 37.1 Å². The lowest BCUT2D eigenvalue weighted by Gasteiger charge is -2.30. The van der Waals surface area contributed by atoms with Crippen LogP contribution in [-0.4, -0.2) is 51.4 Å². The van der Waals surface area contributed by atoms with E-state index in [1.165, 1.54) is 6.26 Å². The number of aromatic nitrogens is 4. The van der Waals surface area contributed by atoms with E-state index in [-0.39, 0.29) is 5.92 Å². The van der Waals surface area contributed by atoms with Crippen LogP contribution in [0.4, 0.5) is 0 Å². The van der Waals surface area contributed by atoms with Crippen LogP contribution in [0.2, 0.25) is 0 Å². The molecule has 8 heteroatoms. The Morgan fingerprint density at radius 2 is 1.92 bits per heavy atom. The van der Waals surface area contributed by atoms with Gasteiger partial charge in [-0.05, 0) is 31.0 Å². The fourth-order valence-electron chi connectivity index (χ4n) is 3.32. The molecule has 0 bridgehead atoms. The average molecular weight is 357 g/mol. The average Bonchev–Trinajstić information content (AvgIpc) is 3.05. The van der Waals surface area contributed by atoms with Crippen LogP contribution in [-0.2, 0) is 10.0 Å². The molecule has 0 atom stereocenters. The van der Waals surface area contributed by atoms with Gasteiger partial charge in [-0.3, -0.25) is 9.38 Å². The molecule has 0 aromatic carbocycles. The van der Waals surface area contributed by atoms with E-state index in [9.17, 15) is 8.42 Å². The van der Waals surface area contributed by atoms with Crippen molar-refractivity contribution in [3.05, 3.63) is 48.5 Å². The summed E-state index contributed by atoms with van der Waals surface area (Å²) in [4.78, 5) is 13.4. The van der Waals surface area contributed by atoms with E-state index in [4.69, 9.17) is 4.98 Å². The van der Waals surface area contributed by atoms with Crippen LogP contribution in [0.5, 0.6) is 0 Å². The SMILES string of the molecule is CS(=O)(=O)N1CCC(c2cccc(-c3cnc4ncccn34)n2)CC1. The zero-order valence-corrected chi connectivity index (χ0v) is 14.7. The number of pyridine rings is 1. The molecule has 1 aliphatic heterocycles. The molecular weight excluding hydrogens is 338 g/mol. The van der Waals surface area contributed by atoms with E-state index in [1.54, 1.807) is 16.7 Å². The van der Waals surface area contributed by atoms with Crippen molar-refractivity contribution in [2.75, 3.05) is 19.3 Å². The molecule has 0 aliphatic carbocycles. The normalized spacial score (nSPS) is 17.2. The number of rotatable bonds is 3. The maximum absolute atomic E-state index is 11.7. The number of hydrogen-bond donors (Lipinski definition) is 0. The molecule has 0 saturated carbocycles. The Morgan fingerprint density at radius 3 is 2.68 bits per heavy atom. The molecule has 3 aromatic rings. The molecule has 1 saturated heterocycles. The van der Waals surface area contributed by atoms with Crippen LogP contribution in [0.15, 0.2) is 42.9 Å². The van der Waals surface area contributed by atoms with Gasteiger partial charge in [0.2, 0.25) is 15.8 Å². The summed E-state index contributed by atoms with van der Waals surface area (Å²) in [6, 6.07) is 7.84. The summed E-state index contributed by atoms with van der Waals surface area (Å²) in [7, 11) is -3.11. The fraction of sp³-hybridized carbons (Fsp3) is 0.353. The minimum absolute atomic E-state index is 0.273. The molecule has 0 N–H and O–H groups in total. The second-order valence-corrected chi connectivity index (χ2v) is 8.30. The first-order valence-corrected chi connectivity index (χ1v) is 10.1. The van der Waals surface area contributed by atoms with E-state index in [0.29, 0.717) is 18.9 Å². The van der Waals surface area contributed by atoms with Crippen molar-refractivity contribution in [1.82, 2.24) is 23.7 Å². The van der Waals surface area contributed by atoms with Crippen molar-refractivity contribution in [2.24, 2.45) is 0 Å². The number of fused-ring (bicyclic) bond motifs is 1. The Hall–Kier alpha value is -2.32. The third-order valence-electron chi connectivity index (χ3n) is 4.66. The van der Waals surface area contributed by atoms with Crippen molar-refractivity contribution in [3.63, 3.8) is 0 Å². The van der Waals surface area contributed by atoms with Gasteiger partial charge in [0.1, 0.15) is 0 Å². The van der Waals surface area contributed by atoms with Crippen molar-refractivity contribution in [2.45, 2.75) is 18.8 Å². The summed E-state index contributed by atoms with van der Waals surface area (Å²) in [5.41, 5.74) is 2.76. The first-order chi connectivity index (χ1) is 12.0. The Bertz CT molecular complexity index is 1010. The summed E-state index contributed by atoms with van der Waals surface area (Å²) in [5, 5.41) is 0. The fourth-order valence-corrected chi connectivity index (χ4v) is 4.20. The second-order valence-electron chi connectivity index (χ2n) is 6.32. The van der Waals surface area contributed by atoms with Gasteiger partial charge >= 0.3 is 0 Å². The monoisotopic (exact) mass is 357 g/mol. The number of hydrogen-bond acceptors (Lipinski definition) is 5. The summed E-state index contributed by atoms with van der Waals surface area (Å²) in [6.45, 7) is 1.10. The van der Waals surface area contributed by atoms with E-state index >= 15 is 0 Å². The highest BCUT2D eigenvalue weighted by molar-refractivity contribution is 7.88. The van der Waals surface area contributed by atoms with Crippen LogP contribution in [0, 0.1) is 0 Å². The third kappa shape index (κ3) is 3.14. The quantitative estimate of drug-likeness (QED) is 0.715. The lowest BCUT2D eigenvalue weighted by atomic mass is 9.94. The largest absolute Gasteiger partial charge is 0.282 e. The molecule has 0 radical (unpaired) electrons. The zero-order valence-electron chi connectivity index (χ0n) is 13.9. The molecule has 0 amide bonds. The topological polar surface area (TPSA) is 80.5 Å². The highest BCUT2D eigenvalue weighted by Crippen LogP contribution is 2.29. The summed E-state index contributed by atoms with van der Waals surface area (Å²) in [5.74, 6) is 0.918. The Kier molecular flexibility index (Phi) is 4.01. The Labute approximate surface area is 146 Å². The highest BCUT2D eigenvalue weighted by atomic mass is 32.2. The highest BCUT2D eigenvalue weighted by Gasteiger charge is 2.26. The number of piperidine rings is 1. The minimum Gasteiger partial charge on any atom is -0.282 e. The van der Waals surface area contributed by atoms with Crippen molar-refractivity contribution in [1.29, 1.82) is 0 Å². The van der Waals surface area contributed by atoms with Crippen LogP contribution < -0.4 is 0 Å². The standard InChI is InChI=1S/C17H19N5O2S/c1-25(23,24)21-10-6-13(7-11-21)14-4-2-5-15(20-14)16-12-19-17-18-8-3-9-22(16)17/h2-5,8-9,12-13H,6-7,10-11H2,1H3. The Balaban J connectivity index is 1.61. The van der Waals surface area contributed by atoms with Crippen molar-refractivity contribution in [3.8, 4) is 11.4 Å². The van der Waals surface area contributed by atoms with E-state index in [2.05, 4.69) is 9.97 Å². The van der Waals surface area contributed by atoms with E-state index in [0.717, 1.165) is 29.9 Å². The van der Waals surface area contributed by atoms with Gasteiger partial charge in [0.05, 0.1) is 23.8 Å². The summed E-state index contributed by atoms with van der Waals surface area (Å²) < 4.78 is 26.8. The summed E-state index contributed by atoms with van der Waals surface area (Å²) in [6.07, 6.45) is 8.26. The maximum Gasteiger partial charge on any atom is 0.234 e. The number of imidazole rings is 1. The first kappa shape index (κ1) is 16.2. The third-order valence-corrected chi connectivity index (χ3v) is 5.97. The smallest absolute Gasteiger partial charge is 0.234 e. The van der Waals surface area contributed by atoms with Gasteiger partial charge in [-0.15, -0.1) is 0 Å². The number of sulfonamides is 1. The molecule has 3 aromatic heterocycles. The molecular formula is C17H19N5O2S. The predicted molar refractivity (Wildman–Crippen MR) is 94.6 cm³/mol. The van der Waals surface area contributed by atoms with Crippen LogP contribution >= 0.6 is 0 Å². The van der Waals surface area contributed by atoms with Crippen molar-refractivity contribution < 1.29 is 8.42 Å². The molecule has 0 unspecified atom stereocenters. The molecule has 4 heterocycles. The van der Waals surface area contributed by atoms with Gasteiger partial charge in [-0.2, -0.15) is 0 Å². The van der Waals surface area contributed by atoms with Gasteiger partial charge < -0.3 is 0 Å². The number of nitrogens with zero attached hydrogens (tertiary/aromatic N) is 5. The Morgan fingerprint density at radius 1 is 1.12 bits per heavy atom. The van der Waals surface area contributed by atoms with E-state index < -0.39 is 10.0 Å². The van der Waals surface area contributed by atoms with Crippen LogP contribution in [0.3, 0.4) is 0 Å². The first-order valence-electron chi connectivity index (χ1n) is 8.23. The van der Waals surface area contributed by atoms with Crippen molar-refractivity contribution >= 4 is 15.8 Å². The molecule has 25 heavy (non-hydrogen) atoms. The van der Waals surface area contributed by atoms with Crippen LogP contribution in [0.1, 0.15) is 24.5 Å². The minimum atomic E-state index is -3.11. The van der Waals surface area contributed by atoms with E-state index in [1.807, 2.05) is 34.9 Å². The lowest BCUT2D eigenvalue weighted by molar-refractivity contribution is 0.318. The predicted octanol–water partition coefficient (Wildman–Crippen LogP) is 1.93. The second kappa shape index (κ2) is 6.20.